The zero-order valence-electron chi connectivity index (χ0n) is 18.8. The second kappa shape index (κ2) is 9.74. The van der Waals surface area contributed by atoms with Crippen molar-refractivity contribution in [3.8, 4) is 11.1 Å². The molecule has 34 heavy (non-hydrogen) atoms. The molecule has 0 bridgehead atoms. The number of anilines is 3. The van der Waals surface area contributed by atoms with Crippen molar-refractivity contribution in [1.82, 2.24) is 19.9 Å². The quantitative estimate of drug-likeness (QED) is 0.363. The van der Waals surface area contributed by atoms with Crippen LogP contribution in [0.15, 0.2) is 55.1 Å². The van der Waals surface area contributed by atoms with E-state index in [0.717, 1.165) is 33.5 Å². The van der Waals surface area contributed by atoms with Gasteiger partial charge in [0.25, 0.3) is 12.3 Å². The maximum Gasteiger partial charge on any atom is 0.259 e. The zero-order chi connectivity index (χ0) is 24.2. The molecule has 3 N–H and O–H groups in total. The third-order valence-corrected chi connectivity index (χ3v) is 5.27. The van der Waals surface area contributed by atoms with E-state index in [2.05, 4.69) is 35.9 Å². The fraction of sp³-hybridized carbons (Fsp3) is 0.208. The molecule has 0 aliphatic heterocycles. The van der Waals surface area contributed by atoms with Crippen molar-refractivity contribution in [1.29, 1.82) is 0 Å². The van der Waals surface area contributed by atoms with Gasteiger partial charge in [0.15, 0.2) is 0 Å². The molecular formula is C24H23F2N7O. The fourth-order valence-corrected chi connectivity index (χ4v) is 3.38. The minimum atomic E-state index is -2.60. The van der Waals surface area contributed by atoms with Crippen molar-refractivity contribution < 1.29 is 13.6 Å². The van der Waals surface area contributed by atoms with Crippen LogP contribution in [-0.2, 0) is 0 Å². The lowest BCUT2D eigenvalue weighted by Gasteiger charge is -2.16. The molecule has 0 aliphatic carbocycles. The number of aryl methyl sites for hydroxylation is 1. The number of hydrogen-bond donors (Lipinski definition) is 3. The molecule has 174 valence electrons. The number of hydrogen-bond acceptors (Lipinski definition) is 7. The monoisotopic (exact) mass is 463 g/mol. The third kappa shape index (κ3) is 4.90. The number of pyridine rings is 4. The number of nitrogens with zero attached hydrogens (tertiary/aromatic N) is 4. The van der Waals surface area contributed by atoms with Gasteiger partial charge in [0.05, 0.1) is 29.0 Å². The molecule has 0 radical (unpaired) electrons. The maximum absolute atomic E-state index is 13.0. The summed E-state index contributed by atoms with van der Waals surface area (Å²) in [5.74, 6) is 0.317. The van der Waals surface area contributed by atoms with Crippen molar-refractivity contribution in [3.63, 3.8) is 0 Å². The van der Waals surface area contributed by atoms with E-state index in [4.69, 9.17) is 0 Å². The highest BCUT2D eigenvalue weighted by Gasteiger charge is 2.19. The number of nitrogens with one attached hydrogen (secondary N) is 3. The van der Waals surface area contributed by atoms with Crippen LogP contribution < -0.4 is 16.0 Å². The van der Waals surface area contributed by atoms with Crippen molar-refractivity contribution in [2.45, 2.75) is 26.3 Å². The molecular weight excluding hydrogens is 440 g/mol. The van der Waals surface area contributed by atoms with Crippen LogP contribution in [0.25, 0.3) is 22.0 Å². The number of carbonyl (C=O) groups excluding carboxylic acids is 1. The molecule has 4 rings (SSSR count). The number of fused-ring (bicyclic) bond motifs is 1. The molecule has 0 spiro atoms. The molecule has 1 amide bonds. The molecule has 1 atom stereocenters. The molecule has 4 aromatic heterocycles. The summed E-state index contributed by atoms with van der Waals surface area (Å²) in [5.41, 5.74) is 3.77. The van der Waals surface area contributed by atoms with Crippen LogP contribution in [0.2, 0.25) is 0 Å². The van der Waals surface area contributed by atoms with Crippen LogP contribution in [0, 0.1) is 6.92 Å². The first kappa shape index (κ1) is 23.0. The van der Waals surface area contributed by atoms with Gasteiger partial charge in [0, 0.05) is 53.9 Å². The number of aromatic nitrogens is 4. The van der Waals surface area contributed by atoms with Crippen molar-refractivity contribution in [2.75, 3.05) is 23.0 Å². The number of rotatable bonds is 7. The summed E-state index contributed by atoms with van der Waals surface area (Å²) >= 11 is 0. The molecule has 4 aromatic rings. The average molecular weight is 463 g/mol. The molecule has 0 aliphatic rings. The van der Waals surface area contributed by atoms with Crippen molar-refractivity contribution >= 4 is 34.1 Å². The lowest BCUT2D eigenvalue weighted by atomic mass is 10.0. The summed E-state index contributed by atoms with van der Waals surface area (Å²) in [6, 6.07) is 7.54. The van der Waals surface area contributed by atoms with E-state index in [1.807, 2.05) is 19.1 Å². The number of carbonyl (C=O) groups is 1. The standard InChI is InChI=1S/C24H23F2N7O/c1-13-19(15-7-16-11-31-21(27-3)9-20(16)30-10-15)8-17(12-29-13)33-24(34)18-5-4-6-28-23(18)32-14(2)22(25)26/h4-12,14,22H,1-3H3,(H,27,31)(H,28,32)(H,33,34)/t14-/m1/s1. The van der Waals surface area contributed by atoms with Gasteiger partial charge in [-0.1, -0.05) is 0 Å². The summed E-state index contributed by atoms with van der Waals surface area (Å²) < 4.78 is 25.9. The average Bonchev–Trinajstić information content (AvgIpc) is 2.84. The lowest BCUT2D eigenvalue weighted by Crippen LogP contribution is -2.26. The normalized spacial score (nSPS) is 11.9. The van der Waals surface area contributed by atoms with Gasteiger partial charge < -0.3 is 16.0 Å². The topological polar surface area (TPSA) is 105 Å². The smallest absolute Gasteiger partial charge is 0.259 e. The minimum absolute atomic E-state index is 0.0836. The zero-order valence-corrected chi connectivity index (χ0v) is 18.8. The Balaban J connectivity index is 1.61. The van der Waals surface area contributed by atoms with Crippen LogP contribution >= 0.6 is 0 Å². The van der Waals surface area contributed by atoms with E-state index in [1.165, 1.54) is 25.4 Å². The summed E-state index contributed by atoms with van der Waals surface area (Å²) in [6.45, 7) is 3.19. The minimum Gasteiger partial charge on any atom is -0.373 e. The van der Waals surface area contributed by atoms with Gasteiger partial charge in [-0.3, -0.25) is 14.8 Å². The van der Waals surface area contributed by atoms with Gasteiger partial charge in [-0.15, -0.1) is 0 Å². The Hall–Kier alpha value is -4.21. The molecule has 0 fully saturated rings. The highest BCUT2D eigenvalue weighted by molar-refractivity contribution is 6.07. The second-order valence-corrected chi connectivity index (χ2v) is 7.71. The summed E-state index contributed by atoms with van der Waals surface area (Å²) in [5, 5.41) is 9.22. The Morgan fingerprint density at radius 2 is 1.85 bits per heavy atom. The Bertz CT molecular complexity index is 1350. The molecule has 10 heteroatoms. The van der Waals surface area contributed by atoms with Gasteiger partial charge in [-0.25, -0.2) is 18.7 Å². The fourth-order valence-electron chi connectivity index (χ4n) is 3.38. The largest absolute Gasteiger partial charge is 0.373 e. The van der Waals surface area contributed by atoms with Crippen LogP contribution in [-0.4, -0.2) is 45.4 Å². The lowest BCUT2D eigenvalue weighted by molar-refractivity contribution is 0.102. The summed E-state index contributed by atoms with van der Waals surface area (Å²) in [7, 11) is 1.79. The Labute approximate surface area is 194 Å². The van der Waals surface area contributed by atoms with E-state index >= 15 is 0 Å². The van der Waals surface area contributed by atoms with Crippen molar-refractivity contribution in [2.24, 2.45) is 0 Å². The SMILES string of the molecule is CNc1cc2ncc(-c3cc(NC(=O)c4cccnc4N[C@H](C)C(F)F)cnc3C)cc2cn1. The number of amides is 1. The van der Waals surface area contributed by atoms with Gasteiger partial charge in [-0.05, 0) is 38.1 Å². The Morgan fingerprint density at radius 1 is 1.03 bits per heavy atom. The Kier molecular flexibility index (Phi) is 6.58. The summed E-state index contributed by atoms with van der Waals surface area (Å²) in [6.07, 6.45) is 3.86. The highest BCUT2D eigenvalue weighted by atomic mass is 19.3. The van der Waals surface area contributed by atoms with E-state index in [1.54, 1.807) is 31.6 Å². The van der Waals surface area contributed by atoms with Gasteiger partial charge in [0.1, 0.15) is 11.6 Å². The van der Waals surface area contributed by atoms with Crippen molar-refractivity contribution in [3.05, 3.63) is 66.4 Å². The van der Waals surface area contributed by atoms with E-state index in [9.17, 15) is 13.6 Å². The van der Waals surface area contributed by atoms with Gasteiger partial charge in [0.2, 0.25) is 0 Å². The number of halogens is 2. The first-order chi connectivity index (χ1) is 16.4. The van der Waals surface area contributed by atoms with E-state index < -0.39 is 18.4 Å². The van der Waals surface area contributed by atoms with E-state index in [0.29, 0.717) is 5.69 Å². The maximum atomic E-state index is 13.0. The molecule has 0 aromatic carbocycles. The predicted molar refractivity (Wildman–Crippen MR) is 128 cm³/mol. The van der Waals surface area contributed by atoms with Crippen LogP contribution in [0.5, 0.6) is 0 Å². The molecule has 4 heterocycles. The molecule has 8 nitrogen and oxygen atoms in total. The van der Waals surface area contributed by atoms with Gasteiger partial charge in [-0.2, -0.15) is 0 Å². The second-order valence-electron chi connectivity index (χ2n) is 7.71. The molecule has 0 saturated heterocycles. The molecule has 0 unspecified atom stereocenters. The first-order valence-corrected chi connectivity index (χ1v) is 10.6. The third-order valence-electron chi connectivity index (χ3n) is 5.27. The highest BCUT2D eigenvalue weighted by Crippen LogP contribution is 2.28. The molecule has 0 saturated carbocycles. The van der Waals surface area contributed by atoms with E-state index in [-0.39, 0.29) is 11.4 Å². The van der Waals surface area contributed by atoms with Crippen LogP contribution in [0.3, 0.4) is 0 Å². The first-order valence-electron chi connectivity index (χ1n) is 10.6. The van der Waals surface area contributed by atoms with Crippen LogP contribution in [0.4, 0.5) is 26.1 Å². The van der Waals surface area contributed by atoms with Crippen LogP contribution in [0.1, 0.15) is 23.0 Å². The van der Waals surface area contributed by atoms with Gasteiger partial charge >= 0.3 is 0 Å². The Morgan fingerprint density at radius 3 is 2.62 bits per heavy atom. The summed E-state index contributed by atoms with van der Waals surface area (Å²) in [4.78, 5) is 30.2. The number of alkyl halides is 2. The predicted octanol–water partition coefficient (Wildman–Crippen LogP) is 4.75.